The van der Waals surface area contributed by atoms with Gasteiger partial charge in [0.1, 0.15) is 5.75 Å². The number of rotatable bonds is 6. The molecule has 0 unspecified atom stereocenters. The standard InChI is InChI=1S/C17H18N2O2/c1-21-16-10-7-15(8-11-16)13-18-19-17(20)12-9-14-5-3-2-4-6-14/h2-8,10-11,13H,9,12H2,1H3,(H,19,20)/b18-13-. The Morgan fingerprint density at radius 1 is 1.14 bits per heavy atom. The molecule has 0 aliphatic carbocycles. The van der Waals surface area contributed by atoms with Gasteiger partial charge in [-0.15, -0.1) is 0 Å². The summed E-state index contributed by atoms with van der Waals surface area (Å²) in [5.74, 6) is 0.697. The first-order chi connectivity index (χ1) is 10.3. The van der Waals surface area contributed by atoms with Crippen molar-refractivity contribution in [2.75, 3.05) is 7.11 Å². The van der Waals surface area contributed by atoms with Crippen molar-refractivity contribution in [1.82, 2.24) is 5.43 Å². The molecule has 0 aliphatic rings. The molecular formula is C17H18N2O2. The van der Waals surface area contributed by atoms with E-state index in [0.29, 0.717) is 12.8 Å². The van der Waals surface area contributed by atoms with E-state index in [2.05, 4.69) is 10.5 Å². The van der Waals surface area contributed by atoms with Gasteiger partial charge >= 0.3 is 0 Å². The van der Waals surface area contributed by atoms with Crippen LogP contribution in [0, 0.1) is 0 Å². The molecule has 0 atom stereocenters. The van der Waals surface area contributed by atoms with Gasteiger partial charge in [0.05, 0.1) is 13.3 Å². The van der Waals surface area contributed by atoms with Gasteiger partial charge in [-0.3, -0.25) is 4.79 Å². The number of methoxy groups -OCH3 is 1. The van der Waals surface area contributed by atoms with Crippen molar-refractivity contribution in [2.45, 2.75) is 12.8 Å². The summed E-state index contributed by atoms with van der Waals surface area (Å²) in [4.78, 5) is 11.7. The molecular weight excluding hydrogens is 264 g/mol. The number of aryl methyl sites for hydroxylation is 1. The third kappa shape index (κ3) is 5.10. The molecule has 4 heteroatoms. The molecule has 4 nitrogen and oxygen atoms in total. The van der Waals surface area contributed by atoms with Crippen LogP contribution in [0.25, 0.3) is 0 Å². The minimum absolute atomic E-state index is 0.0939. The Morgan fingerprint density at radius 2 is 1.86 bits per heavy atom. The predicted molar refractivity (Wildman–Crippen MR) is 83.5 cm³/mol. The van der Waals surface area contributed by atoms with Crippen molar-refractivity contribution in [2.24, 2.45) is 5.10 Å². The summed E-state index contributed by atoms with van der Waals surface area (Å²) >= 11 is 0. The Labute approximate surface area is 124 Å². The van der Waals surface area contributed by atoms with E-state index >= 15 is 0 Å². The lowest BCUT2D eigenvalue weighted by atomic mass is 10.1. The summed E-state index contributed by atoms with van der Waals surface area (Å²) in [6.45, 7) is 0. The summed E-state index contributed by atoms with van der Waals surface area (Å²) in [7, 11) is 1.62. The summed E-state index contributed by atoms with van der Waals surface area (Å²) in [5, 5.41) is 3.94. The lowest BCUT2D eigenvalue weighted by Crippen LogP contribution is -2.17. The third-order valence-corrected chi connectivity index (χ3v) is 3.00. The van der Waals surface area contributed by atoms with Crippen molar-refractivity contribution >= 4 is 12.1 Å². The Bertz CT molecular complexity index is 592. The zero-order valence-corrected chi connectivity index (χ0v) is 12.0. The molecule has 0 saturated heterocycles. The summed E-state index contributed by atoms with van der Waals surface area (Å²) in [6.07, 6.45) is 2.74. The highest BCUT2D eigenvalue weighted by Crippen LogP contribution is 2.09. The molecule has 2 aromatic carbocycles. The maximum atomic E-state index is 11.7. The van der Waals surface area contributed by atoms with Gasteiger partial charge < -0.3 is 4.74 Å². The summed E-state index contributed by atoms with van der Waals surface area (Å²) in [6, 6.07) is 17.3. The van der Waals surface area contributed by atoms with Crippen molar-refractivity contribution in [3.63, 3.8) is 0 Å². The maximum absolute atomic E-state index is 11.7. The van der Waals surface area contributed by atoms with E-state index in [1.807, 2.05) is 54.6 Å². The van der Waals surface area contributed by atoms with Crippen LogP contribution in [0.1, 0.15) is 17.5 Å². The molecule has 1 N–H and O–H groups in total. The average Bonchev–Trinajstić information content (AvgIpc) is 2.54. The van der Waals surface area contributed by atoms with E-state index in [9.17, 15) is 4.79 Å². The zero-order chi connectivity index (χ0) is 14.9. The van der Waals surface area contributed by atoms with Crippen LogP contribution in [0.15, 0.2) is 59.7 Å². The minimum Gasteiger partial charge on any atom is -0.497 e. The van der Waals surface area contributed by atoms with Gasteiger partial charge in [0.25, 0.3) is 0 Å². The van der Waals surface area contributed by atoms with E-state index in [-0.39, 0.29) is 5.91 Å². The van der Waals surface area contributed by atoms with E-state index in [1.165, 1.54) is 0 Å². The van der Waals surface area contributed by atoms with Gasteiger partial charge in [0.15, 0.2) is 0 Å². The molecule has 0 fully saturated rings. The average molecular weight is 282 g/mol. The molecule has 21 heavy (non-hydrogen) atoms. The molecule has 0 bridgehead atoms. The number of hydrogen-bond donors (Lipinski definition) is 1. The largest absolute Gasteiger partial charge is 0.497 e. The fraction of sp³-hybridized carbons (Fsp3) is 0.176. The second-order valence-electron chi connectivity index (χ2n) is 4.55. The SMILES string of the molecule is COc1ccc(/C=N\NC(=O)CCc2ccccc2)cc1. The van der Waals surface area contributed by atoms with Gasteiger partial charge in [0.2, 0.25) is 5.91 Å². The first-order valence-electron chi connectivity index (χ1n) is 6.78. The van der Waals surface area contributed by atoms with Crippen LogP contribution in [-0.2, 0) is 11.2 Å². The quantitative estimate of drug-likeness (QED) is 0.654. The summed E-state index contributed by atoms with van der Waals surface area (Å²) in [5.41, 5.74) is 4.58. The first-order valence-corrected chi connectivity index (χ1v) is 6.78. The number of carbonyl (C=O) groups is 1. The predicted octanol–water partition coefficient (Wildman–Crippen LogP) is 2.78. The fourth-order valence-electron chi connectivity index (χ4n) is 1.83. The van der Waals surface area contributed by atoms with Crippen LogP contribution in [0.5, 0.6) is 5.75 Å². The monoisotopic (exact) mass is 282 g/mol. The summed E-state index contributed by atoms with van der Waals surface area (Å²) < 4.78 is 5.07. The smallest absolute Gasteiger partial charge is 0.240 e. The topological polar surface area (TPSA) is 50.7 Å². The van der Waals surface area contributed by atoms with Crippen LogP contribution in [0.3, 0.4) is 0 Å². The molecule has 0 aliphatic heterocycles. The molecule has 2 rings (SSSR count). The number of nitrogens with zero attached hydrogens (tertiary/aromatic N) is 1. The number of amides is 1. The molecule has 0 spiro atoms. The van der Waals surface area contributed by atoms with Gasteiger partial charge in [-0.2, -0.15) is 5.10 Å². The molecule has 0 heterocycles. The normalized spacial score (nSPS) is 10.5. The molecule has 0 radical (unpaired) electrons. The van der Waals surface area contributed by atoms with Gasteiger partial charge in [-0.25, -0.2) is 5.43 Å². The first kappa shape index (κ1) is 14.8. The van der Waals surface area contributed by atoms with E-state index in [4.69, 9.17) is 4.74 Å². The van der Waals surface area contributed by atoms with Crippen LogP contribution < -0.4 is 10.2 Å². The molecule has 0 saturated carbocycles. The number of nitrogens with one attached hydrogen (secondary N) is 1. The Morgan fingerprint density at radius 3 is 2.52 bits per heavy atom. The van der Waals surface area contributed by atoms with E-state index in [1.54, 1.807) is 13.3 Å². The molecule has 0 aromatic heterocycles. The van der Waals surface area contributed by atoms with Gasteiger partial charge in [-0.05, 0) is 41.8 Å². The van der Waals surface area contributed by atoms with Crippen LogP contribution >= 0.6 is 0 Å². The molecule has 2 aromatic rings. The van der Waals surface area contributed by atoms with Crippen molar-refractivity contribution in [1.29, 1.82) is 0 Å². The highest BCUT2D eigenvalue weighted by Gasteiger charge is 2.00. The van der Waals surface area contributed by atoms with Crippen molar-refractivity contribution in [3.8, 4) is 5.75 Å². The van der Waals surface area contributed by atoms with Crippen LogP contribution in [0.2, 0.25) is 0 Å². The van der Waals surface area contributed by atoms with Crippen molar-refractivity contribution < 1.29 is 9.53 Å². The van der Waals surface area contributed by atoms with Gasteiger partial charge in [-0.1, -0.05) is 30.3 Å². The van der Waals surface area contributed by atoms with E-state index < -0.39 is 0 Å². The number of carbonyl (C=O) groups excluding carboxylic acids is 1. The second-order valence-corrected chi connectivity index (χ2v) is 4.55. The fourth-order valence-corrected chi connectivity index (χ4v) is 1.83. The molecule has 108 valence electrons. The highest BCUT2D eigenvalue weighted by atomic mass is 16.5. The van der Waals surface area contributed by atoms with Gasteiger partial charge in [0, 0.05) is 6.42 Å². The third-order valence-electron chi connectivity index (χ3n) is 3.00. The Kier molecular flexibility index (Phi) is 5.52. The van der Waals surface area contributed by atoms with Crippen LogP contribution in [-0.4, -0.2) is 19.2 Å². The van der Waals surface area contributed by atoms with E-state index in [0.717, 1.165) is 16.9 Å². The second kappa shape index (κ2) is 7.85. The number of ether oxygens (including phenoxy) is 1. The Balaban J connectivity index is 1.76. The number of hydrazone groups is 1. The zero-order valence-electron chi connectivity index (χ0n) is 12.0. The highest BCUT2D eigenvalue weighted by molar-refractivity contribution is 5.82. The number of hydrogen-bond acceptors (Lipinski definition) is 3. The van der Waals surface area contributed by atoms with Crippen LogP contribution in [0.4, 0.5) is 0 Å². The Hall–Kier alpha value is -2.62. The lowest BCUT2D eigenvalue weighted by Gasteiger charge is -2.01. The minimum atomic E-state index is -0.0939. The van der Waals surface area contributed by atoms with Crippen molar-refractivity contribution in [3.05, 3.63) is 65.7 Å². The lowest BCUT2D eigenvalue weighted by molar-refractivity contribution is -0.121. The molecule has 1 amide bonds. The number of benzene rings is 2. The maximum Gasteiger partial charge on any atom is 0.240 e.